The highest BCUT2D eigenvalue weighted by molar-refractivity contribution is 5.99. The van der Waals surface area contributed by atoms with Crippen molar-refractivity contribution in [1.82, 2.24) is 15.6 Å². The van der Waals surface area contributed by atoms with Crippen LogP contribution in [0.15, 0.2) is 18.3 Å². The molecule has 5 saturated carbocycles. The van der Waals surface area contributed by atoms with Gasteiger partial charge < -0.3 is 16.4 Å². The van der Waals surface area contributed by atoms with Gasteiger partial charge in [0.25, 0.3) is 5.91 Å². The Kier molecular flexibility index (Phi) is 4.59. The highest BCUT2D eigenvalue weighted by Gasteiger charge is 2.59. The van der Waals surface area contributed by atoms with E-state index in [-0.39, 0.29) is 35.4 Å². The fourth-order valence-corrected chi connectivity index (χ4v) is 6.36. The van der Waals surface area contributed by atoms with E-state index in [1.165, 1.54) is 0 Å². The average Bonchev–Trinajstić information content (AvgIpc) is 3.50. The van der Waals surface area contributed by atoms with Gasteiger partial charge in [-0.1, -0.05) is 0 Å². The molecule has 4 bridgehead atoms. The minimum absolute atomic E-state index is 0.0508. The van der Waals surface area contributed by atoms with Crippen molar-refractivity contribution in [3.8, 4) is 0 Å². The molecule has 4 N–H and O–H groups in total. The second-order valence-corrected chi connectivity index (χ2v) is 10.1. The Bertz CT molecular complexity index is 958. The van der Waals surface area contributed by atoms with Crippen LogP contribution in [0.5, 0.6) is 0 Å². The maximum absolute atomic E-state index is 13.1. The molecule has 5 fully saturated rings. The smallest absolute Gasteiger partial charge is 0.369 e. The van der Waals surface area contributed by atoms with Crippen molar-refractivity contribution in [1.29, 1.82) is 0 Å². The van der Waals surface area contributed by atoms with Crippen LogP contribution in [-0.4, -0.2) is 34.3 Å². The van der Waals surface area contributed by atoms with Crippen LogP contribution in [0.25, 0.3) is 0 Å². The molecule has 10 heteroatoms. The topological polar surface area (TPSA) is 114 Å². The summed E-state index contributed by atoms with van der Waals surface area (Å²) in [6, 6.07) is 1.75. The van der Waals surface area contributed by atoms with Gasteiger partial charge in [-0.2, -0.15) is 13.2 Å². The number of amides is 3. The quantitative estimate of drug-likeness (QED) is 0.638. The van der Waals surface area contributed by atoms with Crippen LogP contribution in [-0.2, 0) is 15.8 Å². The fraction of sp³-hybridized carbons (Fsp3) is 0.636. The van der Waals surface area contributed by atoms with E-state index in [0.29, 0.717) is 37.8 Å². The molecule has 0 spiro atoms. The third-order valence-electron chi connectivity index (χ3n) is 7.95. The number of rotatable bonds is 5. The molecule has 0 aliphatic heterocycles. The van der Waals surface area contributed by atoms with E-state index in [0.717, 1.165) is 31.4 Å². The first-order valence-electron chi connectivity index (χ1n) is 11.0. The maximum Gasteiger partial charge on any atom is 0.417 e. The molecule has 2 unspecified atom stereocenters. The van der Waals surface area contributed by atoms with E-state index in [2.05, 4.69) is 15.6 Å². The van der Waals surface area contributed by atoms with Gasteiger partial charge in [-0.05, 0) is 74.8 Å². The molecule has 7 nitrogen and oxygen atoms in total. The second-order valence-electron chi connectivity index (χ2n) is 10.1. The molecule has 6 rings (SSSR count). The third-order valence-corrected chi connectivity index (χ3v) is 7.95. The lowest BCUT2D eigenvalue weighted by atomic mass is 9.47. The highest BCUT2D eigenvalue weighted by Crippen LogP contribution is 2.60. The summed E-state index contributed by atoms with van der Waals surface area (Å²) in [5.41, 5.74) is 3.10. The number of hydrogen-bond acceptors (Lipinski definition) is 4. The molecule has 172 valence electrons. The molecule has 0 aromatic carbocycles. The average molecular weight is 450 g/mol. The van der Waals surface area contributed by atoms with Crippen LogP contribution in [0, 0.1) is 23.2 Å². The zero-order valence-corrected chi connectivity index (χ0v) is 17.4. The first-order chi connectivity index (χ1) is 15.0. The number of primary amides is 1. The predicted octanol–water partition coefficient (Wildman–Crippen LogP) is 2.16. The minimum atomic E-state index is -4.54. The SMILES string of the molecule is NC(=O)C12CC3CC(C1)C(NC(=O)C1(NC(=O)c4ccc(C(F)(F)F)cn4)CC1)C(C3)C2. The molecule has 1 heterocycles. The van der Waals surface area contributed by atoms with Gasteiger partial charge in [0, 0.05) is 17.7 Å². The van der Waals surface area contributed by atoms with Gasteiger partial charge in [0.05, 0.1) is 5.56 Å². The normalized spacial score (nSPS) is 34.1. The zero-order chi connectivity index (χ0) is 22.9. The van der Waals surface area contributed by atoms with Crippen molar-refractivity contribution in [3.05, 3.63) is 29.6 Å². The Morgan fingerprint density at radius 1 is 1.06 bits per heavy atom. The van der Waals surface area contributed by atoms with Gasteiger partial charge in [-0.15, -0.1) is 0 Å². The summed E-state index contributed by atoms with van der Waals surface area (Å²) in [5.74, 6) is -0.334. The number of hydrogen-bond donors (Lipinski definition) is 3. The second kappa shape index (κ2) is 6.92. The number of carbonyl (C=O) groups is 3. The Morgan fingerprint density at radius 3 is 2.22 bits per heavy atom. The van der Waals surface area contributed by atoms with E-state index in [1.54, 1.807) is 0 Å². The molecule has 5 aliphatic carbocycles. The molecule has 5 aliphatic rings. The van der Waals surface area contributed by atoms with Crippen LogP contribution in [0.3, 0.4) is 0 Å². The van der Waals surface area contributed by atoms with Crippen LogP contribution in [0.1, 0.15) is 61.0 Å². The zero-order valence-electron chi connectivity index (χ0n) is 17.4. The summed E-state index contributed by atoms with van der Waals surface area (Å²) in [5, 5.41) is 5.80. The maximum atomic E-state index is 13.1. The molecule has 1 aromatic rings. The molecule has 0 radical (unpaired) electrons. The predicted molar refractivity (Wildman–Crippen MR) is 106 cm³/mol. The Hall–Kier alpha value is -2.65. The summed E-state index contributed by atoms with van der Waals surface area (Å²) in [7, 11) is 0. The van der Waals surface area contributed by atoms with E-state index in [9.17, 15) is 27.6 Å². The lowest BCUT2D eigenvalue weighted by Gasteiger charge is -2.59. The van der Waals surface area contributed by atoms with Crippen molar-refractivity contribution >= 4 is 17.7 Å². The molecular formula is C22H25F3N4O3. The first-order valence-corrected chi connectivity index (χ1v) is 11.0. The number of alkyl halides is 3. The number of halogens is 3. The molecule has 3 amide bonds. The van der Waals surface area contributed by atoms with Crippen molar-refractivity contribution in [2.45, 2.75) is 62.7 Å². The Morgan fingerprint density at radius 2 is 1.72 bits per heavy atom. The highest BCUT2D eigenvalue weighted by atomic mass is 19.4. The third kappa shape index (κ3) is 3.44. The van der Waals surface area contributed by atoms with Crippen molar-refractivity contribution in [3.63, 3.8) is 0 Å². The fourth-order valence-electron chi connectivity index (χ4n) is 6.36. The number of pyridine rings is 1. The lowest BCUT2D eigenvalue weighted by Crippen LogP contribution is -2.64. The molecule has 0 saturated heterocycles. The van der Waals surface area contributed by atoms with E-state index >= 15 is 0 Å². The summed E-state index contributed by atoms with van der Waals surface area (Å²) in [6.45, 7) is 0. The van der Waals surface area contributed by atoms with Gasteiger partial charge in [0.2, 0.25) is 11.8 Å². The van der Waals surface area contributed by atoms with Crippen LogP contribution in [0.2, 0.25) is 0 Å². The van der Waals surface area contributed by atoms with Gasteiger partial charge in [0.1, 0.15) is 11.2 Å². The van der Waals surface area contributed by atoms with E-state index in [4.69, 9.17) is 5.73 Å². The van der Waals surface area contributed by atoms with Crippen LogP contribution >= 0.6 is 0 Å². The largest absolute Gasteiger partial charge is 0.417 e. The minimum Gasteiger partial charge on any atom is -0.369 e. The molecule has 1 aromatic heterocycles. The summed E-state index contributed by atoms with van der Waals surface area (Å²) >= 11 is 0. The van der Waals surface area contributed by atoms with Gasteiger partial charge >= 0.3 is 6.18 Å². The van der Waals surface area contributed by atoms with Crippen molar-refractivity contribution in [2.24, 2.45) is 28.9 Å². The number of nitrogens with two attached hydrogens (primary N) is 1. The number of nitrogens with one attached hydrogen (secondary N) is 2. The van der Waals surface area contributed by atoms with Gasteiger partial charge in [-0.3, -0.25) is 19.4 Å². The Balaban J connectivity index is 1.25. The number of aromatic nitrogens is 1. The van der Waals surface area contributed by atoms with Gasteiger partial charge in [-0.25, -0.2) is 0 Å². The van der Waals surface area contributed by atoms with E-state index in [1.807, 2.05) is 0 Å². The first kappa shape index (κ1) is 21.2. The Labute approximate surface area is 182 Å². The van der Waals surface area contributed by atoms with Crippen molar-refractivity contribution < 1.29 is 27.6 Å². The summed E-state index contributed by atoms with van der Waals surface area (Å²) in [6.07, 6.45) is 1.14. The summed E-state index contributed by atoms with van der Waals surface area (Å²) < 4.78 is 38.1. The van der Waals surface area contributed by atoms with Crippen LogP contribution in [0.4, 0.5) is 13.2 Å². The standard InChI is InChI=1S/C22H25F3N4O3/c23-22(24,25)14-1-2-15(27-10-14)17(30)29-21(3-4-21)19(32)28-16-12-5-11-6-13(16)9-20(7-11,8-12)18(26)31/h1-2,10-13,16H,3-9H2,(H2,26,31)(H,28,32)(H,29,30). The lowest BCUT2D eigenvalue weighted by molar-refractivity contribution is -0.147. The van der Waals surface area contributed by atoms with Gasteiger partial charge in [0.15, 0.2) is 0 Å². The number of carbonyl (C=O) groups excluding carboxylic acids is 3. The van der Waals surface area contributed by atoms with Crippen molar-refractivity contribution in [2.75, 3.05) is 0 Å². The monoisotopic (exact) mass is 450 g/mol. The van der Waals surface area contributed by atoms with Crippen LogP contribution < -0.4 is 16.4 Å². The summed E-state index contributed by atoms with van der Waals surface area (Å²) in [4.78, 5) is 41.3. The van der Waals surface area contributed by atoms with E-state index < -0.39 is 28.6 Å². The molecule has 32 heavy (non-hydrogen) atoms. The number of nitrogens with zero attached hydrogens (tertiary/aromatic N) is 1. The molecular weight excluding hydrogens is 425 g/mol. The molecule has 2 atom stereocenters.